The summed E-state index contributed by atoms with van der Waals surface area (Å²) in [4.78, 5) is 0. The molecule has 14 heteroatoms. The standard InChI is InChI=1S/C35H38F12N.H2O/c1-23-12-10-15-28(20-23)30(36,37)32(40,41)34(44,45)35(46,47)33(42,43)31(38,39)29-16-11-14-26(22-29)27-18-17-24(2)25(21-27)13-8-6-7-9-19-48(3,4)5;/h10-12,14-18,20-22H,6-9,13,19H2,1-5H3;1H2/q+1;/p-1. The van der Waals surface area contributed by atoms with E-state index in [0.717, 1.165) is 66.9 Å². The van der Waals surface area contributed by atoms with E-state index in [-0.39, 0.29) is 40.4 Å². The van der Waals surface area contributed by atoms with Crippen molar-refractivity contribution in [2.75, 3.05) is 27.7 Å². The van der Waals surface area contributed by atoms with E-state index in [4.69, 9.17) is 0 Å². The maximum absolute atomic E-state index is 15.2. The second kappa shape index (κ2) is 14.5. The molecule has 0 radical (unpaired) electrons. The normalized spacial score (nSPS) is 13.7. The van der Waals surface area contributed by atoms with Crippen LogP contribution in [0, 0.1) is 13.8 Å². The molecule has 0 aromatic heterocycles. The Hall–Kier alpha value is -3.26. The van der Waals surface area contributed by atoms with Crippen LogP contribution >= 0.6 is 0 Å². The molecule has 0 amide bonds. The molecule has 0 aliphatic heterocycles. The molecule has 274 valence electrons. The van der Waals surface area contributed by atoms with Gasteiger partial charge >= 0.3 is 35.5 Å². The minimum Gasteiger partial charge on any atom is -0.870 e. The van der Waals surface area contributed by atoms with Crippen LogP contribution < -0.4 is 0 Å². The zero-order chi connectivity index (χ0) is 36.6. The molecule has 3 aromatic carbocycles. The molecule has 0 fully saturated rings. The Balaban J connectivity index is 0.00000833. The molecule has 3 rings (SSSR count). The monoisotopic (exact) mass is 717 g/mol. The first-order valence-electron chi connectivity index (χ1n) is 15.2. The Labute approximate surface area is 277 Å². The molecule has 1 N–H and O–H groups in total. The molecule has 0 spiro atoms. The summed E-state index contributed by atoms with van der Waals surface area (Å²) in [6.07, 6.45) is 4.24. The summed E-state index contributed by atoms with van der Waals surface area (Å²) < 4.78 is 178. The SMILES string of the molecule is Cc1cccc(C(F)(F)C(F)(F)C(F)(F)C(F)(F)C(F)(F)C(F)(F)c2cccc(-c3ccc(C)c(CCCCCC[N+](C)(C)C)c3)c2)c1.[OH-]. The molecule has 0 heterocycles. The third-order valence-electron chi connectivity index (χ3n) is 8.28. The second-order valence-electron chi connectivity index (χ2n) is 13.2. The third kappa shape index (κ3) is 8.05. The summed E-state index contributed by atoms with van der Waals surface area (Å²) in [7, 11) is 6.24. The van der Waals surface area contributed by atoms with Gasteiger partial charge in [0, 0.05) is 11.1 Å². The van der Waals surface area contributed by atoms with E-state index < -0.39 is 46.7 Å². The largest absolute Gasteiger partial charge is 0.870 e. The van der Waals surface area contributed by atoms with Gasteiger partial charge in [-0.05, 0) is 73.9 Å². The van der Waals surface area contributed by atoms with E-state index in [0.29, 0.717) is 18.6 Å². The maximum atomic E-state index is 15.2. The van der Waals surface area contributed by atoms with E-state index >= 15 is 8.78 Å². The van der Waals surface area contributed by atoms with Crippen molar-refractivity contribution in [3.8, 4) is 11.1 Å². The third-order valence-corrected chi connectivity index (χ3v) is 8.28. The molecule has 0 aliphatic carbocycles. The van der Waals surface area contributed by atoms with Crippen molar-refractivity contribution in [1.29, 1.82) is 0 Å². The van der Waals surface area contributed by atoms with Crippen molar-refractivity contribution >= 4 is 0 Å². The minimum atomic E-state index is -7.67. The zero-order valence-electron chi connectivity index (χ0n) is 27.5. The van der Waals surface area contributed by atoms with E-state index in [1.165, 1.54) is 12.1 Å². The van der Waals surface area contributed by atoms with Crippen LogP contribution in [0.1, 0.15) is 53.5 Å². The number of hydrogen-bond donors (Lipinski definition) is 0. The van der Waals surface area contributed by atoms with Crippen molar-refractivity contribution in [2.24, 2.45) is 0 Å². The lowest BCUT2D eigenvalue weighted by Gasteiger charge is -2.41. The van der Waals surface area contributed by atoms with Crippen molar-refractivity contribution in [3.63, 3.8) is 0 Å². The molecule has 49 heavy (non-hydrogen) atoms. The molecular formula is C35H39F12NO. The number of aryl methyl sites for hydroxylation is 3. The number of alkyl halides is 12. The Kier molecular flexibility index (Phi) is 12.4. The average molecular weight is 718 g/mol. The van der Waals surface area contributed by atoms with Crippen molar-refractivity contribution < 1.29 is 62.6 Å². The van der Waals surface area contributed by atoms with Gasteiger partial charge in [0.25, 0.3) is 0 Å². The van der Waals surface area contributed by atoms with Crippen LogP contribution in [0.5, 0.6) is 0 Å². The predicted molar refractivity (Wildman–Crippen MR) is 162 cm³/mol. The van der Waals surface area contributed by atoms with Gasteiger partial charge in [-0.2, -0.15) is 52.7 Å². The van der Waals surface area contributed by atoms with E-state index in [1.54, 1.807) is 19.1 Å². The van der Waals surface area contributed by atoms with Gasteiger partial charge in [0.1, 0.15) is 0 Å². The van der Waals surface area contributed by atoms with Crippen LogP contribution in [-0.2, 0) is 18.3 Å². The van der Waals surface area contributed by atoms with Crippen LogP contribution in [0.25, 0.3) is 11.1 Å². The number of benzene rings is 3. The summed E-state index contributed by atoms with van der Waals surface area (Å²) in [6.45, 7) is 3.86. The molecule has 0 aliphatic rings. The summed E-state index contributed by atoms with van der Waals surface area (Å²) >= 11 is 0. The van der Waals surface area contributed by atoms with Gasteiger partial charge in [-0.3, -0.25) is 0 Å². The van der Waals surface area contributed by atoms with Crippen LogP contribution in [0.4, 0.5) is 52.7 Å². The highest BCUT2D eigenvalue weighted by atomic mass is 19.4. The topological polar surface area (TPSA) is 30.0 Å². The van der Waals surface area contributed by atoms with Crippen LogP contribution in [0.2, 0.25) is 0 Å². The predicted octanol–water partition coefficient (Wildman–Crippen LogP) is 11.0. The van der Waals surface area contributed by atoms with E-state index in [9.17, 15) is 43.9 Å². The van der Waals surface area contributed by atoms with Crippen molar-refractivity contribution in [1.82, 2.24) is 0 Å². The Morgan fingerprint density at radius 3 is 1.49 bits per heavy atom. The lowest BCUT2D eigenvalue weighted by molar-refractivity contribution is -0.870. The summed E-state index contributed by atoms with van der Waals surface area (Å²) in [5.74, 6) is -42.2. The van der Waals surface area contributed by atoms with Crippen LogP contribution in [0.3, 0.4) is 0 Å². The molecular weight excluding hydrogens is 678 g/mol. The van der Waals surface area contributed by atoms with Gasteiger partial charge < -0.3 is 9.96 Å². The fourth-order valence-electron chi connectivity index (χ4n) is 5.26. The fraction of sp³-hybridized carbons (Fsp3) is 0.486. The number of quaternary nitrogens is 1. The molecule has 0 saturated carbocycles. The first-order chi connectivity index (χ1) is 21.8. The fourth-order valence-corrected chi connectivity index (χ4v) is 5.26. The molecule has 0 atom stereocenters. The smallest absolute Gasteiger partial charge is 0.385 e. The van der Waals surface area contributed by atoms with Gasteiger partial charge in [-0.1, -0.05) is 66.6 Å². The summed E-state index contributed by atoms with van der Waals surface area (Å²) in [6, 6.07) is 9.46. The molecule has 0 saturated heterocycles. The first kappa shape index (κ1) is 41.9. The second-order valence-corrected chi connectivity index (χ2v) is 13.2. The highest BCUT2D eigenvalue weighted by Crippen LogP contribution is 2.63. The molecule has 3 aromatic rings. The Morgan fingerprint density at radius 2 is 0.980 bits per heavy atom. The Bertz CT molecular complexity index is 1560. The quantitative estimate of drug-likeness (QED) is 0.0875. The van der Waals surface area contributed by atoms with Crippen molar-refractivity contribution in [2.45, 2.75) is 81.5 Å². The number of halogens is 12. The highest BCUT2D eigenvalue weighted by molar-refractivity contribution is 5.66. The number of unbranched alkanes of at least 4 members (excludes halogenated alkanes) is 3. The summed E-state index contributed by atoms with van der Waals surface area (Å²) in [5, 5.41) is 0. The Morgan fingerprint density at radius 1 is 0.510 bits per heavy atom. The minimum absolute atomic E-state index is 0. The molecule has 0 bridgehead atoms. The zero-order valence-corrected chi connectivity index (χ0v) is 27.5. The van der Waals surface area contributed by atoms with Crippen LogP contribution in [-0.4, -0.2) is 61.3 Å². The van der Waals surface area contributed by atoms with E-state index in [1.807, 2.05) is 0 Å². The van der Waals surface area contributed by atoms with E-state index in [2.05, 4.69) is 21.1 Å². The van der Waals surface area contributed by atoms with Crippen molar-refractivity contribution in [3.05, 3.63) is 94.5 Å². The summed E-state index contributed by atoms with van der Waals surface area (Å²) in [5.41, 5.74) is -2.33. The van der Waals surface area contributed by atoms with Gasteiger partial charge in [-0.15, -0.1) is 0 Å². The average Bonchev–Trinajstić information content (AvgIpc) is 2.98. The van der Waals surface area contributed by atoms with Gasteiger partial charge in [-0.25, -0.2) is 0 Å². The van der Waals surface area contributed by atoms with Gasteiger partial charge in [0.2, 0.25) is 0 Å². The van der Waals surface area contributed by atoms with Crippen LogP contribution in [0.15, 0.2) is 66.7 Å². The maximum Gasteiger partial charge on any atom is 0.385 e. The number of nitrogens with zero attached hydrogens (tertiary/aromatic N) is 1. The molecule has 2 nitrogen and oxygen atoms in total. The number of hydrogen-bond acceptors (Lipinski definition) is 1. The highest BCUT2D eigenvalue weighted by Gasteiger charge is 2.90. The number of rotatable bonds is 15. The molecule has 0 unspecified atom stereocenters. The first-order valence-corrected chi connectivity index (χ1v) is 15.2. The van der Waals surface area contributed by atoms with Gasteiger partial charge in [0.05, 0.1) is 27.7 Å². The van der Waals surface area contributed by atoms with Gasteiger partial charge in [0.15, 0.2) is 0 Å². The lowest BCUT2D eigenvalue weighted by atomic mass is 9.86. The lowest BCUT2D eigenvalue weighted by Crippen LogP contribution is -2.69.